The molecule has 7 nitrogen and oxygen atoms in total. The molecule has 0 aliphatic rings. The van der Waals surface area contributed by atoms with Gasteiger partial charge < -0.3 is 0 Å². The second kappa shape index (κ2) is 3.98. The van der Waals surface area contributed by atoms with Gasteiger partial charge in [0.1, 0.15) is 16.4 Å². The highest BCUT2D eigenvalue weighted by molar-refractivity contribution is 7.99. The van der Waals surface area contributed by atoms with E-state index in [0.717, 1.165) is 5.03 Å². The van der Waals surface area contributed by atoms with Crippen LogP contribution in [0.25, 0.3) is 5.65 Å². The molecule has 0 amide bonds. The summed E-state index contributed by atoms with van der Waals surface area (Å²) < 4.78 is 1.21. The summed E-state index contributed by atoms with van der Waals surface area (Å²) in [5, 5.41) is 11.7. The van der Waals surface area contributed by atoms with Crippen molar-refractivity contribution in [3.63, 3.8) is 0 Å². The smallest absolute Gasteiger partial charge is 0.245 e. The Kier molecular flexibility index (Phi) is 2.33. The Bertz CT molecular complexity index is 706. The molecular weight excluding hydrogens is 240 g/mol. The summed E-state index contributed by atoms with van der Waals surface area (Å²) in [6, 6.07) is 5.27. The van der Waals surface area contributed by atoms with E-state index in [2.05, 4.69) is 25.3 Å². The summed E-state index contributed by atoms with van der Waals surface area (Å²) in [5.41, 5.74) is 0.132. The summed E-state index contributed by atoms with van der Waals surface area (Å²) in [6.45, 7) is 0. The molecule has 0 fully saturated rings. The summed E-state index contributed by atoms with van der Waals surface area (Å²) in [7, 11) is 0. The molecule has 17 heavy (non-hydrogen) atoms. The Labute approximate surface area is 98.9 Å². The van der Waals surface area contributed by atoms with Gasteiger partial charge in [0.15, 0.2) is 5.65 Å². The number of H-pyrrole nitrogens is 1. The summed E-state index contributed by atoms with van der Waals surface area (Å²) in [5.74, 6) is 0. The fourth-order valence-electron chi connectivity index (χ4n) is 1.29. The fourth-order valence-corrected chi connectivity index (χ4v) is 1.99. The SMILES string of the molecule is O=c1[nH]nc2ccc(Sc3ccncn3)nn12. The standard InChI is InChI=1S/C9H6N6OS/c16-9-13-12-6-1-2-8(14-15(6)9)17-7-3-4-10-5-11-7/h1-5H,(H,13,16). The predicted molar refractivity (Wildman–Crippen MR) is 59.8 cm³/mol. The lowest BCUT2D eigenvalue weighted by Crippen LogP contribution is -2.12. The lowest BCUT2D eigenvalue weighted by Gasteiger charge is -1.98. The Balaban J connectivity index is 2.01. The highest BCUT2D eigenvalue weighted by Gasteiger charge is 2.04. The van der Waals surface area contributed by atoms with Crippen LogP contribution in [0.1, 0.15) is 0 Å². The number of hydrogen-bond donors (Lipinski definition) is 1. The molecule has 0 saturated carbocycles. The molecule has 0 bridgehead atoms. The lowest BCUT2D eigenvalue weighted by atomic mass is 10.6. The third-order valence-corrected chi connectivity index (χ3v) is 2.89. The predicted octanol–water partition coefficient (Wildman–Crippen LogP) is 0.359. The van der Waals surface area contributed by atoms with Crippen molar-refractivity contribution in [2.45, 2.75) is 10.1 Å². The Morgan fingerprint density at radius 2 is 2.18 bits per heavy atom. The van der Waals surface area contributed by atoms with Crippen LogP contribution >= 0.6 is 11.8 Å². The van der Waals surface area contributed by atoms with E-state index in [1.54, 1.807) is 24.4 Å². The second-order valence-corrected chi connectivity index (χ2v) is 4.16. The second-order valence-electron chi connectivity index (χ2n) is 3.12. The van der Waals surface area contributed by atoms with Gasteiger partial charge in [-0.3, -0.25) is 0 Å². The molecule has 0 aromatic carbocycles. The molecular formula is C9H6N6OS. The van der Waals surface area contributed by atoms with E-state index in [1.165, 1.54) is 22.6 Å². The van der Waals surface area contributed by atoms with Crippen molar-refractivity contribution in [3.8, 4) is 0 Å². The molecule has 0 unspecified atom stereocenters. The van der Waals surface area contributed by atoms with E-state index in [1.807, 2.05) is 0 Å². The Morgan fingerprint density at radius 3 is 3.00 bits per heavy atom. The van der Waals surface area contributed by atoms with Crippen molar-refractivity contribution in [3.05, 3.63) is 41.2 Å². The van der Waals surface area contributed by atoms with Crippen molar-refractivity contribution < 1.29 is 0 Å². The maximum absolute atomic E-state index is 11.3. The van der Waals surface area contributed by atoms with E-state index in [-0.39, 0.29) is 5.69 Å². The molecule has 0 saturated heterocycles. The van der Waals surface area contributed by atoms with Gasteiger partial charge in [-0.1, -0.05) is 0 Å². The topological polar surface area (TPSA) is 88.8 Å². The Hall–Kier alpha value is -2.22. The van der Waals surface area contributed by atoms with E-state index in [9.17, 15) is 4.79 Å². The van der Waals surface area contributed by atoms with Crippen LogP contribution in [0, 0.1) is 0 Å². The number of aromatic amines is 1. The lowest BCUT2D eigenvalue weighted by molar-refractivity contribution is 0.819. The molecule has 3 aromatic rings. The normalized spacial score (nSPS) is 10.8. The van der Waals surface area contributed by atoms with Crippen LogP contribution in [0.5, 0.6) is 0 Å². The molecule has 0 spiro atoms. The fraction of sp³-hybridized carbons (Fsp3) is 0. The molecule has 0 aliphatic carbocycles. The number of nitrogens with zero attached hydrogens (tertiary/aromatic N) is 5. The minimum absolute atomic E-state index is 0.356. The molecule has 0 atom stereocenters. The average molecular weight is 246 g/mol. The molecule has 84 valence electrons. The third kappa shape index (κ3) is 1.89. The largest absolute Gasteiger partial charge is 0.364 e. The molecule has 3 aromatic heterocycles. The highest BCUT2D eigenvalue weighted by atomic mass is 32.2. The first kappa shape index (κ1) is 9.97. The third-order valence-electron chi connectivity index (χ3n) is 2.01. The van der Waals surface area contributed by atoms with E-state index < -0.39 is 0 Å². The molecule has 8 heteroatoms. The zero-order valence-corrected chi connectivity index (χ0v) is 9.26. The maximum atomic E-state index is 11.3. The first-order chi connectivity index (χ1) is 8.33. The number of fused-ring (bicyclic) bond motifs is 1. The number of nitrogens with one attached hydrogen (secondary N) is 1. The van der Waals surface area contributed by atoms with Gasteiger partial charge in [-0.25, -0.2) is 19.9 Å². The van der Waals surface area contributed by atoms with Crippen molar-refractivity contribution in [1.82, 2.24) is 29.8 Å². The van der Waals surface area contributed by atoms with Crippen LogP contribution in [0.15, 0.2) is 45.6 Å². The average Bonchev–Trinajstić information content (AvgIpc) is 2.73. The van der Waals surface area contributed by atoms with Crippen LogP contribution < -0.4 is 5.69 Å². The maximum Gasteiger partial charge on any atom is 0.364 e. The monoisotopic (exact) mass is 246 g/mol. The number of hydrogen-bond acceptors (Lipinski definition) is 6. The van der Waals surface area contributed by atoms with Crippen molar-refractivity contribution in [1.29, 1.82) is 0 Å². The van der Waals surface area contributed by atoms with Crippen molar-refractivity contribution in [2.24, 2.45) is 0 Å². The van der Waals surface area contributed by atoms with Gasteiger partial charge in [-0.05, 0) is 30.0 Å². The van der Waals surface area contributed by atoms with Gasteiger partial charge in [0.25, 0.3) is 0 Å². The summed E-state index contributed by atoms with van der Waals surface area (Å²) in [6.07, 6.45) is 3.11. The van der Waals surface area contributed by atoms with Gasteiger partial charge in [0.2, 0.25) is 0 Å². The molecule has 3 heterocycles. The summed E-state index contributed by atoms with van der Waals surface area (Å²) in [4.78, 5) is 19.2. The van der Waals surface area contributed by atoms with Crippen LogP contribution in [0.3, 0.4) is 0 Å². The zero-order valence-electron chi connectivity index (χ0n) is 8.44. The van der Waals surface area contributed by atoms with Crippen LogP contribution in [-0.4, -0.2) is 29.8 Å². The van der Waals surface area contributed by atoms with Gasteiger partial charge in [-0.15, -0.1) is 0 Å². The number of rotatable bonds is 2. The Morgan fingerprint density at radius 1 is 1.24 bits per heavy atom. The quantitative estimate of drug-likeness (QED) is 0.657. The minimum atomic E-state index is -0.356. The van der Waals surface area contributed by atoms with Gasteiger partial charge in [-0.2, -0.15) is 14.7 Å². The zero-order chi connectivity index (χ0) is 11.7. The van der Waals surface area contributed by atoms with E-state index >= 15 is 0 Å². The van der Waals surface area contributed by atoms with Crippen molar-refractivity contribution in [2.75, 3.05) is 0 Å². The van der Waals surface area contributed by atoms with E-state index in [4.69, 9.17) is 0 Å². The van der Waals surface area contributed by atoms with Crippen LogP contribution in [-0.2, 0) is 0 Å². The first-order valence-electron chi connectivity index (χ1n) is 4.71. The first-order valence-corrected chi connectivity index (χ1v) is 5.53. The van der Waals surface area contributed by atoms with E-state index in [0.29, 0.717) is 10.7 Å². The highest BCUT2D eigenvalue weighted by Crippen LogP contribution is 2.22. The van der Waals surface area contributed by atoms with Gasteiger partial charge in [0.05, 0.1) is 0 Å². The molecule has 0 aliphatic heterocycles. The van der Waals surface area contributed by atoms with Crippen LogP contribution in [0.2, 0.25) is 0 Å². The molecule has 3 rings (SSSR count). The van der Waals surface area contributed by atoms with Gasteiger partial charge >= 0.3 is 5.69 Å². The molecule has 0 radical (unpaired) electrons. The van der Waals surface area contributed by atoms with Crippen molar-refractivity contribution >= 4 is 17.4 Å². The summed E-state index contributed by atoms with van der Waals surface area (Å²) >= 11 is 1.35. The number of aromatic nitrogens is 6. The minimum Gasteiger partial charge on any atom is -0.245 e. The van der Waals surface area contributed by atoms with Crippen LogP contribution in [0.4, 0.5) is 0 Å². The van der Waals surface area contributed by atoms with Gasteiger partial charge in [0, 0.05) is 6.20 Å². The molecule has 1 N–H and O–H groups in total.